The molecular formula is C18H20N4O3. The molecule has 7 nitrogen and oxygen atoms in total. The van der Waals surface area contributed by atoms with Crippen molar-refractivity contribution in [2.75, 3.05) is 11.9 Å². The summed E-state index contributed by atoms with van der Waals surface area (Å²) in [6.45, 7) is 2.62. The first-order valence-corrected chi connectivity index (χ1v) is 8.34. The number of aliphatic hydroxyl groups excluding tert-OH is 1. The zero-order valence-corrected chi connectivity index (χ0v) is 14.0. The number of hydrogen-bond acceptors (Lipinski definition) is 6. The molecule has 0 saturated heterocycles. The molecule has 1 saturated carbocycles. The lowest BCUT2D eigenvalue weighted by atomic mass is 9.73. The second-order valence-corrected chi connectivity index (χ2v) is 6.89. The quantitative estimate of drug-likeness (QED) is 0.652. The van der Waals surface area contributed by atoms with Gasteiger partial charge in [-0.15, -0.1) is 0 Å². The van der Waals surface area contributed by atoms with Gasteiger partial charge in [-0.2, -0.15) is 5.26 Å². The van der Waals surface area contributed by atoms with Gasteiger partial charge < -0.3 is 10.4 Å². The van der Waals surface area contributed by atoms with E-state index in [2.05, 4.69) is 23.3 Å². The normalized spacial score (nSPS) is 23.2. The van der Waals surface area contributed by atoms with Crippen LogP contribution in [0, 0.1) is 26.9 Å². The number of anilines is 1. The zero-order chi connectivity index (χ0) is 18.0. The molecule has 1 aliphatic rings. The van der Waals surface area contributed by atoms with Crippen LogP contribution >= 0.6 is 0 Å². The molecule has 0 bridgehead atoms. The number of nitriles is 1. The second-order valence-electron chi connectivity index (χ2n) is 6.89. The number of fused-ring (bicyclic) bond motifs is 1. The van der Waals surface area contributed by atoms with Crippen LogP contribution in [0.5, 0.6) is 0 Å². The Morgan fingerprint density at radius 1 is 1.48 bits per heavy atom. The Balaban J connectivity index is 1.89. The van der Waals surface area contributed by atoms with Crippen LogP contribution in [0.3, 0.4) is 0 Å². The smallest absolute Gasteiger partial charge is 0.270 e. The number of pyridine rings is 1. The summed E-state index contributed by atoms with van der Waals surface area (Å²) in [4.78, 5) is 14.9. The Labute approximate surface area is 145 Å². The second kappa shape index (κ2) is 6.65. The molecule has 1 aromatic carbocycles. The number of nitro groups is 1. The summed E-state index contributed by atoms with van der Waals surface area (Å²) in [6, 6.07) is 7.99. The number of hydrogen-bond donors (Lipinski definition) is 2. The van der Waals surface area contributed by atoms with E-state index in [4.69, 9.17) is 0 Å². The van der Waals surface area contributed by atoms with Gasteiger partial charge in [-0.1, -0.05) is 19.8 Å². The van der Waals surface area contributed by atoms with Crippen LogP contribution in [0.15, 0.2) is 24.3 Å². The third-order valence-corrected chi connectivity index (χ3v) is 5.08. The maximum atomic E-state index is 10.9. The fourth-order valence-electron chi connectivity index (χ4n) is 3.39. The van der Waals surface area contributed by atoms with Crippen molar-refractivity contribution < 1.29 is 10.0 Å². The Hall–Kier alpha value is -2.72. The summed E-state index contributed by atoms with van der Waals surface area (Å²) in [5.41, 5.74) is 0.577. The number of nitrogens with zero attached hydrogens (tertiary/aromatic N) is 3. The monoisotopic (exact) mass is 340 g/mol. The van der Waals surface area contributed by atoms with E-state index >= 15 is 0 Å². The summed E-state index contributed by atoms with van der Waals surface area (Å²) >= 11 is 0. The summed E-state index contributed by atoms with van der Waals surface area (Å²) in [5.74, 6) is 0.539. The van der Waals surface area contributed by atoms with Crippen molar-refractivity contribution in [3.05, 3.63) is 39.9 Å². The van der Waals surface area contributed by atoms with Gasteiger partial charge in [0, 0.05) is 29.5 Å². The number of nitro benzene ring substituents is 1. The molecule has 1 aliphatic carbocycles. The summed E-state index contributed by atoms with van der Waals surface area (Å²) in [7, 11) is 0. The lowest BCUT2D eigenvalue weighted by molar-refractivity contribution is -0.384. The van der Waals surface area contributed by atoms with Gasteiger partial charge in [0.1, 0.15) is 5.82 Å². The first-order chi connectivity index (χ1) is 11.9. The van der Waals surface area contributed by atoms with Crippen LogP contribution in [0.25, 0.3) is 10.9 Å². The van der Waals surface area contributed by atoms with E-state index in [-0.39, 0.29) is 17.2 Å². The van der Waals surface area contributed by atoms with Crippen molar-refractivity contribution in [1.82, 2.24) is 4.98 Å². The van der Waals surface area contributed by atoms with Crippen LogP contribution in [-0.4, -0.2) is 27.7 Å². The van der Waals surface area contributed by atoms with Crippen LogP contribution < -0.4 is 5.32 Å². The molecule has 2 aromatic rings. The van der Waals surface area contributed by atoms with Gasteiger partial charge in [-0.05, 0) is 25.0 Å². The fourth-order valence-corrected chi connectivity index (χ4v) is 3.39. The fraction of sp³-hybridized carbons (Fsp3) is 0.444. The first-order valence-electron chi connectivity index (χ1n) is 8.34. The highest BCUT2D eigenvalue weighted by molar-refractivity contribution is 5.88. The molecule has 25 heavy (non-hydrogen) atoms. The van der Waals surface area contributed by atoms with Crippen molar-refractivity contribution in [2.45, 2.75) is 38.7 Å². The number of nitrogens with one attached hydrogen (secondary N) is 1. The largest absolute Gasteiger partial charge is 0.392 e. The van der Waals surface area contributed by atoms with E-state index in [9.17, 15) is 20.5 Å². The Kier molecular flexibility index (Phi) is 4.55. The molecule has 1 heterocycles. The molecule has 2 N–H and O–H groups in total. The van der Waals surface area contributed by atoms with Crippen molar-refractivity contribution in [3.63, 3.8) is 0 Å². The van der Waals surface area contributed by atoms with Gasteiger partial charge in [0.2, 0.25) is 0 Å². The highest BCUT2D eigenvalue weighted by Gasteiger charge is 2.35. The van der Waals surface area contributed by atoms with E-state index in [1.165, 1.54) is 12.1 Å². The summed E-state index contributed by atoms with van der Waals surface area (Å²) < 4.78 is 0. The van der Waals surface area contributed by atoms with Gasteiger partial charge in [0.15, 0.2) is 0 Å². The minimum Gasteiger partial charge on any atom is -0.392 e. The minimum atomic E-state index is -0.488. The van der Waals surface area contributed by atoms with Gasteiger partial charge in [-0.3, -0.25) is 10.1 Å². The number of benzene rings is 1. The van der Waals surface area contributed by atoms with Gasteiger partial charge in [-0.25, -0.2) is 4.98 Å². The average molecular weight is 340 g/mol. The molecule has 2 atom stereocenters. The lowest BCUT2D eigenvalue weighted by Gasteiger charge is -2.38. The Bertz CT molecular complexity index is 861. The van der Waals surface area contributed by atoms with Crippen molar-refractivity contribution >= 4 is 22.4 Å². The molecular weight excluding hydrogens is 320 g/mol. The van der Waals surface area contributed by atoms with E-state index in [0.29, 0.717) is 28.8 Å². The molecule has 1 fully saturated rings. The van der Waals surface area contributed by atoms with Crippen LogP contribution in [0.2, 0.25) is 0 Å². The molecule has 0 aliphatic heterocycles. The predicted octanol–water partition coefficient (Wildman–Crippen LogP) is 3.37. The maximum Gasteiger partial charge on any atom is 0.270 e. The third kappa shape index (κ3) is 3.39. The molecule has 7 heteroatoms. The van der Waals surface area contributed by atoms with E-state index in [0.717, 1.165) is 25.7 Å². The van der Waals surface area contributed by atoms with E-state index in [1.807, 2.05) is 0 Å². The number of aliphatic hydroxyl groups is 1. The number of rotatable bonds is 4. The Morgan fingerprint density at radius 3 is 2.96 bits per heavy atom. The van der Waals surface area contributed by atoms with Crippen LogP contribution in [0.4, 0.5) is 11.5 Å². The van der Waals surface area contributed by atoms with Gasteiger partial charge in [0.25, 0.3) is 5.69 Å². The molecule has 130 valence electrons. The highest BCUT2D eigenvalue weighted by Crippen LogP contribution is 2.36. The average Bonchev–Trinajstić information content (AvgIpc) is 2.61. The highest BCUT2D eigenvalue weighted by atomic mass is 16.6. The summed E-state index contributed by atoms with van der Waals surface area (Å²) in [6.07, 6.45) is 3.52. The summed E-state index contributed by atoms with van der Waals surface area (Å²) in [5, 5.41) is 34.3. The molecule has 3 rings (SSSR count). The van der Waals surface area contributed by atoms with Gasteiger partial charge >= 0.3 is 0 Å². The first kappa shape index (κ1) is 17.1. The topological polar surface area (TPSA) is 112 Å². The van der Waals surface area contributed by atoms with Gasteiger partial charge in [0.05, 0.1) is 28.2 Å². The SMILES string of the molecule is CC1(CNc2cc(C#N)c3cc([N+](=O)[O-])ccc3n2)CCCCC1O. The van der Waals surface area contributed by atoms with E-state index < -0.39 is 4.92 Å². The molecule has 0 radical (unpaired) electrons. The van der Waals surface area contributed by atoms with Crippen LogP contribution in [0.1, 0.15) is 38.2 Å². The number of non-ortho nitro benzene ring substituents is 1. The van der Waals surface area contributed by atoms with Crippen molar-refractivity contribution in [1.29, 1.82) is 5.26 Å². The van der Waals surface area contributed by atoms with E-state index in [1.54, 1.807) is 12.1 Å². The Morgan fingerprint density at radius 2 is 2.28 bits per heavy atom. The standard InChI is InChI=1S/C18H20N4O3/c1-18(7-3-2-4-16(18)23)11-20-17-8-12(10-19)14-9-13(22(24)25)5-6-15(14)21-17/h5-6,8-9,16,23H,2-4,7,11H2,1H3,(H,20,21). The number of aromatic nitrogens is 1. The third-order valence-electron chi connectivity index (χ3n) is 5.08. The zero-order valence-electron chi connectivity index (χ0n) is 14.0. The van der Waals surface area contributed by atoms with Crippen molar-refractivity contribution in [3.8, 4) is 6.07 Å². The maximum absolute atomic E-state index is 10.9. The minimum absolute atomic E-state index is 0.0654. The predicted molar refractivity (Wildman–Crippen MR) is 94.2 cm³/mol. The molecule has 2 unspecified atom stereocenters. The molecule has 0 amide bonds. The molecule has 1 aromatic heterocycles. The van der Waals surface area contributed by atoms with Crippen molar-refractivity contribution in [2.24, 2.45) is 5.41 Å². The lowest BCUT2D eigenvalue weighted by Crippen LogP contribution is -2.41. The van der Waals surface area contributed by atoms with Crippen LogP contribution in [-0.2, 0) is 0 Å². The molecule has 0 spiro atoms.